The quantitative estimate of drug-likeness (QED) is 0.871. The van der Waals surface area contributed by atoms with E-state index < -0.39 is 9.84 Å². The van der Waals surface area contributed by atoms with E-state index in [2.05, 4.69) is 24.4 Å². The molecule has 1 aliphatic rings. The van der Waals surface area contributed by atoms with E-state index in [9.17, 15) is 8.42 Å². The van der Waals surface area contributed by atoms with Gasteiger partial charge in [-0.05, 0) is 37.5 Å². The van der Waals surface area contributed by atoms with Crippen molar-refractivity contribution in [3.8, 4) is 5.75 Å². The number of hydrogen-bond acceptors (Lipinski definition) is 4. The fraction of sp³-hybridized carbons (Fsp3) is 0.467. The van der Waals surface area contributed by atoms with Gasteiger partial charge < -0.3 is 10.1 Å². The average molecular weight is 295 g/mol. The molecular weight excluding hydrogens is 274 g/mol. The van der Waals surface area contributed by atoms with Crippen molar-refractivity contribution in [3.05, 3.63) is 41.3 Å². The fourth-order valence-electron chi connectivity index (χ4n) is 2.30. The second-order valence-corrected chi connectivity index (χ2v) is 7.15. The summed E-state index contributed by atoms with van der Waals surface area (Å²) in [6.07, 6.45) is 3.66. The Kier molecular flexibility index (Phi) is 4.83. The molecule has 1 heterocycles. The van der Waals surface area contributed by atoms with Gasteiger partial charge in [0.1, 0.15) is 5.75 Å². The van der Waals surface area contributed by atoms with E-state index in [4.69, 9.17) is 4.74 Å². The highest BCUT2D eigenvalue weighted by molar-refractivity contribution is 7.94. The molecule has 0 saturated carbocycles. The number of rotatable bonds is 6. The molecule has 1 N–H and O–H groups in total. The van der Waals surface area contributed by atoms with Crippen LogP contribution in [0.3, 0.4) is 0 Å². The molecule has 0 aliphatic carbocycles. The maximum atomic E-state index is 11.3. The normalized spacial score (nSPS) is 21.8. The van der Waals surface area contributed by atoms with Gasteiger partial charge in [-0.3, -0.25) is 0 Å². The summed E-state index contributed by atoms with van der Waals surface area (Å²) in [6.45, 7) is 2.09. The average Bonchev–Trinajstić information content (AvgIpc) is 2.76. The molecule has 110 valence electrons. The Morgan fingerprint density at radius 3 is 2.60 bits per heavy atom. The fourth-order valence-corrected chi connectivity index (χ4v) is 3.55. The van der Waals surface area contributed by atoms with Gasteiger partial charge in [0.25, 0.3) is 0 Å². The minimum absolute atomic E-state index is 0.0501. The van der Waals surface area contributed by atoms with Crippen LogP contribution >= 0.6 is 0 Å². The Hall–Kier alpha value is -1.33. The van der Waals surface area contributed by atoms with Crippen LogP contribution in [-0.4, -0.2) is 33.4 Å². The van der Waals surface area contributed by atoms with Crippen molar-refractivity contribution in [3.63, 3.8) is 0 Å². The lowest BCUT2D eigenvalue weighted by atomic mass is 10.1. The standard InChI is InChI=1S/C15H21NO3S/c1-12(16-14-9-10-20(17,18)11-14)3-4-13-5-7-15(19-2)8-6-13/h5-10,12,14,16H,3-4,11H2,1-2H3. The third kappa shape index (κ3) is 4.35. The number of sulfone groups is 1. The predicted molar refractivity (Wildman–Crippen MR) is 80.6 cm³/mol. The highest BCUT2D eigenvalue weighted by Gasteiger charge is 2.22. The first kappa shape index (κ1) is 15.1. The molecule has 5 heteroatoms. The van der Waals surface area contributed by atoms with Gasteiger partial charge in [-0.25, -0.2) is 8.42 Å². The van der Waals surface area contributed by atoms with E-state index >= 15 is 0 Å². The Morgan fingerprint density at radius 2 is 2.05 bits per heavy atom. The number of methoxy groups -OCH3 is 1. The molecule has 20 heavy (non-hydrogen) atoms. The molecule has 2 rings (SSSR count). The van der Waals surface area contributed by atoms with Crippen molar-refractivity contribution in [2.24, 2.45) is 0 Å². The predicted octanol–water partition coefficient (Wildman–Crippen LogP) is 1.92. The third-order valence-corrected chi connectivity index (χ3v) is 4.85. The van der Waals surface area contributed by atoms with Crippen LogP contribution in [-0.2, 0) is 16.3 Å². The van der Waals surface area contributed by atoms with Crippen molar-refractivity contribution < 1.29 is 13.2 Å². The molecule has 1 aliphatic heterocycles. The van der Waals surface area contributed by atoms with Crippen molar-refractivity contribution in [2.75, 3.05) is 12.9 Å². The van der Waals surface area contributed by atoms with Gasteiger partial charge in [0.05, 0.1) is 12.9 Å². The Bertz CT molecular complexity index is 563. The van der Waals surface area contributed by atoms with Crippen molar-refractivity contribution in [2.45, 2.75) is 31.8 Å². The zero-order valence-electron chi connectivity index (χ0n) is 11.9. The number of aryl methyl sites for hydroxylation is 1. The number of ether oxygens (including phenoxy) is 1. The second kappa shape index (κ2) is 6.41. The minimum Gasteiger partial charge on any atom is -0.497 e. The molecule has 0 radical (unpaired) electrons. The van der Waals surface area contributed by atoms with Gasteiger partial charge in [0, 0.05) is 17.5 Å². The monoisotopic (exact) mass is 295 g/mol. The maximum absolute atomic E-state index is 11.3. The first-order valence-corrected chi connectivity index (χ1v) is 8.50. The molecular formula is C15H21NO3S. The van der Waals surface area contributed by atoms with E-state index in [0.717, 1.165) is 18.6 Å². The third-order valence-electron chi connectivity index (χ3n) is 3.45. The zero-order chi connectivity index (χ0) is 14.6. The van der Waals surface area contributed by atoms with Crippen LogP contribution in [0.5, 0.6) is 5.75 Å². The van der Waals surface area contributed by atoms with Crippen molar-refractivity contribution >= 4 is 9.84 Å². The van der Waals surface area contributed by atoms with Gasteiger partial charge in [-0.1, -0.05) is 18.2 Å². The van der Waals surface area contributed by atoms with Gasteiger partial charge >= 0.3 is 0 Å². The Labute approximate surface area is 120 Å². The van der Waals surface area contributed by atoms with Gasteiger partial charge in [0.2, 0.25) is 0 Å². The first-order chi connectivity index (χ1) is 9.48. The number of benzene rings is 1. The summed E-state index contributed by atoms with van der Waals surface area (Å²) < 4.78 is 27.8. The summed E-state index contributed by atoms with van der Waals surface area (Å²) >= 11 is 0. The van der Waals surface area contributed by atoms with Crippen LogP contribution in [0.15, 0.2) is 35.7 Å². The molecule has 2 unspecified atom stereocenters. The van der Waals surface area contributed by atoms with Crippen LogP contribution in [0, 0.1) is 0 Å². The van der Waals surface area contributed by atoms with Crippen LogP contribution in [0.4, 0.5) is 0 Å². The molecule has 1 aromatic rings. The molecule has 4 nitrogen and oxygen atoms in total. The lowest BCUT2D eigenvalue weighted by Gasteiger charge is -2.17. The summed E-state index contributed by atoms with van der Waals surface area (Å²) in [7, 11) is -1.32. The highest BCUT2D eigenvalue weighted by Crippen LogP contribution is 2.14. The van der Waals surface area contributed by atoms with E-state index in [1.807, 2.05) is 12.1 Å². The molecule has 0 spiro atoms. The molecule has 2 atom stereocenters. The van der Waals surface area contributed by atoms with E-state index in [1.165, 1.54) is 11.0 Å². The number of nitrogens with one attached hydrogen (secondary N) is 1. The SMILES string of the molecule is COc1ccc(CCC(C)NC2C=CS(=O)(=O)C2)cc1. The highest BCUT2D eigenvalue weighted by atomic mass is 32.2. The Morgan fingerprint density at radius 1 is 1.35 bits per heavy atom. The molecule has 0 amide bonds. The van der Waals surface area contributed by atoms with Crippen LogP contribution in [0.25, 0.3) is 0 Å². The largest absolute Gasteiger partial charge is 0.497 e. The van der Waals surface area contributed by atoms with Crippen LogP contribution < -0.4 is 10.1 Å². The summed E-state index contributed by atoms with van der Waals surface area (Å²) in [5.74, 6) is 1.04. The van der Waals surface area contributed by atoms with Gasteiger partial charge in [-0.15, -0.1) is 0 Å². The molecule has 0 aromatic heterocycles. The van der Waals surface area contributed by atoms with Crippen LogP contribution in [0.1, 0.15) is 18.9 Å². The smallest absolute Gasteiger partial charge is 0.173 e. The first-order valence-electron chi connectivity index (χ1n) is 6.78. The zero-order valence-corrected chi connectivity index (χ0v) is 12.7. The summed E-state index contributed by atoms with van der Waals surface area (Å²) in [5.41, 5.74) is 1.26. The lowest BCUT2D eigenvalue weighted by Crippen LogP contribution is -2.37. The van der Waals surface area contributed by atoms with E-state index in [-0.39, 0.29) is 17.8 Å². The van der Waals surface area contributed by atoms with E-state index in [0.29, 0.717) is 0 Å². The summed E-state index contributed by atoms with van der Waals surface area (Å²) in [4.78, 5) is 0. The molecule has 1 aromatic carbocycles. The van der Waals surface area contributed by atoms with Gasteiger partial charge in [-0.2, -0.15) is 0 Å². The van der Waals surface area contributed by atoms with Crippen molar-refractivity contribution in [1.29, 1.82) is 0 Å². The van der Waals surface area contributed by atoms with Crippen molar-refractivity contribution in [1.82, 2.24) is 5.32 Å². The lowest BCUT2D eigenvalue weighted by molar-refractivity contribution is 0.414. The molecule has 0 saturated heterocycles. The summed E-state index contributed by atoms with van der Waals surface area (Å²) in [5, 5.41) is 4.64. The molecule has 0 bridgehead atoms. The number of hydrogen-bond donors (Lipinski definition) is 1. The van der Waals surface area contributed by atoms with E-state index in [1.54, 1.807) is 13.2 Å². The van der Waals surface area contributed by atoms with Gasteiger partial charge in [0.15, 0.2) is 9.84 Å². The summed E-state index contributed by atoms with van der Waals surface area (Å²) in [6, 6.07) is 8.27. The topological polar surface area (TPSA) is 55.4 Å². The maximum Gasteiger partial charge on any atom is 0.173 e. The Balaban J connectivity index is 1.77. The van der Waals surface area contributed by atoms with Crippen LogP contribution in [0.2, 0.25) is 0 Å². The minimum atomic E-state index is -2.97. The second-order valence-electron chi connectivity index (χ2n) is 5.22. The molecule has 0 fully saturated rings.